The number of ether oxygens (including phenoxy) is 1. The second kappa shape index (κ2) is 5.63. The number of pyridine rings is 1. The van der Waals surface area contributed by atoms with Gasteiger partial charge in [-0.3, -0.25) is 4.98 Å². The van der Waals surface area contributed by atoms with Gasteiger partial charge in [0.25, 0.3) is 0 Å². The van der Waals surface area contributed by atoms with Gasteiger partial charge in [-0.25, -0.2) is 8.78 Å². The van der Waals surface area contributed by atoms with Gasteiger partial charge in [0, 0.05) is 17.3 Å². The number of halogens is 3. The molecule has 19 heavy (non-hydrogen) atoms. The van der Waals surface area contributed by atoms with E-state index >= 15 is 0 Å². The van der Waals surface area contributed by atoms with Crippen molar-refractivity contribution in [3.05, 3.63) is 57.8 Å². The summed E-state index contributed by atoms with van der Waals surface area (Å²) in [6.45, 7) is 0. The summed E-state index contributed by atoms with van der Waals surface area (Å²) < 4.78 is 33.1. The zero-order valence-electron chi connectivity index (χ0n) is 10.0. The summed E-state index contributed by atoms with van der Waals surface area (Å²) in [4.78, 5) is 3.88. The predicted molar refractivity (Wildman–Crippen MR) is 70.9 cm³/mol. The number of benzene rings is 1. The third kappa shape index (κ3) is 2.59. The molecule has 2 rings (SSSR count). The van der Waals surface area contributed by atoms with Gasteiger partial charge in [-0.15, -0.1) is 0 Å². The van der Waals surface area contributed by atoms with Crippen LogP contribution in [0.2, 0.25) is 0 Å². The Kier molecular flexibility index (Phi) is 4.11. The van der Waals surface area contributed by atoms with E-state index in [0.717, 1.165) is 6.07 Å². The van der Waals surface area contributed by atoms with Gasteiger partial charge in [0.05, 0.1) is 23.8 Å². The highest BCUT2D eigenvalue weighted by molar-refractivity contribution is 9.10. The van der Waals surface area contributed by atoms with E-state index in [1.54, 1.807) is 6.07 Å². The Hall–Kier alpha value is -1.53. The van der Waals surface area contributed by atoms with Crippen molar-refractivity contribution in [2.24, 2.45) is 5.73 Å². The summed E-state index contributed by atoms with van der Waals surface area (Å²) in [5.41, 5.74) is 6.21. The first-order valence-corrected chi connectivity index (χ1v) is 6.22. The molecule has 100 valence electrons. The number of hydrogen-bond donors (Lipinski definition) is 1. The molecule has 6 heteroatoms. The van der Waals surface area contributed by atoms with E-state index in [-0.39, 0.29) is 10.0 Å². The van der Waals surface area contributed by atoms with Crippen molar-refractivity contribution in [3.8, 4) is 5.75 Å². The van der Waals surface area contributed by atoms with E-state index in [1.165, 1.54) is 25.6 Å². The summed E-state index contributed by atoms with van der Waals surface area (Å²) in [7, 11) is 1.45. The topological polar surface area (TPSA) is 48.1 Å². The van der Waals surface area contributed by atoms with E-state index in [0.29, 0.717) is 11.3 Å². The number of aromatic nitrogens is 1. The minimum atomic E-state index is -0.976. The maximum atomic E-state index is 14.0. The number of hydrogen-bond acceptors (Lipinski definition) is 3. The minimum absolute atomic E-state index is 0.160. The van der Waals surface area contributed by atoms with Crippen molar-refractivity contribution in [2.75, 3.05) is 7.11 Å². The first kappa shape index (κ1) is 13.9. The molecule has 0 aliphatic heterocycles. The molecule has 0 bridgehead atoms. The predicted octanol–water partition coefficient (Wildman–Crippen LogP) is 3.18. The molecular weight excluding hydrogens is 318 g/mol. The van der Waals surface area contributed by atoms with Crippen LogP contribution in [0.5, 0.6) is 5.75 Å². The van der Waals surface area contributed by atoms with Crippen molar-refractivity contribution in [1.82, 2.24) is 4.98 Å². The van der Waals surface area contributed by atoms with Gasteiger partial charge >= 0.3 is 0 Å². The van der Waals surface area contributed by atoms with E-state index < -0.39 is 17.7 Å². The van der Waals surface area contributed by atoms with Crippen molar-refractivity contribution in [2.45, 2.75) is 6.04 Å². The highest BCUT2D eigenvalue weighted by Crippen LogP contribution is 2.32. The van der Waals surface area contributed by atoms with Gasteiger partial charge in [-0.1, -0.05) is 0 Å². The maximum absolute atomic E-state index is 14.0. The second-order valence-electron chi connectivity index (χ2n) is 3.85. The minimum Gasteiger partial charge on any atom is -0.495 e. The highest BCUT2D eigenvalue weighted by atomic mass is 79.9. The fraction of sp³-hybridized carbons (Fsp3) is 0.154. The molecule has 1 aromatic carbocycles. The Bertz CT molecular complexity index is 607. The number of methoxy groups -OCH3 is 1. The summed E-state index contributed by atoms with van der Waals surface area (Å²) >= 11 is 3.02. The lowest BCUT2D eigenvalue weighted by molar-refractivity contribution is 0.404. The molecule has 1 aromatic heterocycles. The van der Waals surface area contributed by atoms with Crippen LogP contribution in [0.15, 0.2) is 35.1 Å². The van der Waals surface area contributed by atoms with Crippen LogP contribution in [0.4, 0.5) is 8.78 Å². The molecule has 0 aliphatic rings. The molecule has 0 radical (unpaired) electrons. The summed E-state index contributed by atoms with van der Waals surface area (Å²) in [5.74, 6) is -1.03. The zero-order valence-corrected chi connectivity index (χ0v) is 11.6. The Morgan fingerprint density at radius 2 is 2.05 bits per heavy atom. The van der Waals surface area contributed by atoms with Crippen molar-refractivity contribution in [1.29, 1.82) is 0 Å². The molecule has 0 saturated carbocycles. The maximum Gasteiger partial charge on any atom is 0.145 e. The van der Waals surface area contributed by atoms with Gasteiger partial charge in [0.1, 0.15) is 17.4 Å². The molecule has 0 aliphatic carbocycles. The molecule has 2 N–H and O–H groups in total. The zero-order chi connectivity index (χ0) is 14.0. The fourth-order valence-electron chi connectivity index (χ4n) is 1.80. The molecule has 1 atom stereocenters. The van der Waals surface area contributed by atoms with Crippen LogP contribution in [0.1, 0.15) is 17.2 Å². The van der Waals surface area contributed by atoms with Crippen LogP contribution in [-0.2, 0) is 0 Å². The SMILES string of the molecule is COc1cnccc1C(N)c1c(F)ccc(Br)c1F. The quantitative estimate of drug-likeness (QED) is 0.880. The van der Waals surface area contributed by atoms with Crippen molar-refractivity contribution >= 4 is 15.9 Å². The Labute approximate surface area is 117 Å². The fourth-order valence-corrected chi connectivity index (χ4v) is 2.15. The molecule has 1 heterocycles. The third-order valence-electron chi connectivity index (χ3n) is 2.76. The Morgan fingerprint density at radius 3 is 2.74 bits per heavy atom. The van der Waals surface area contributed by atoms with Crippen LogP contribution in [-0.4, -0.2) is 12.1 Å². The summed E-state index contributed by atoms with van der Waals surface area (Å²) in [6.07, 6.45) is 2.94. The van der Waals surface area contributed by atoms with Crippen molar-refractivity contribution in [3.63, 3.8) is 0 Å². The molecule has 2 aromatic rings. The van der Waals surface area contributed by atoms with Gasteiger partial charge in [-0.2, -0.15) is 0 Å². The van der Waals surface area contributed by atoms with Crippen LogP contribution in [0.3, 0.4) is 0 Å². The largest absolute Gasteiger partial charge is 0.495 e. The summed E-state index contributed by atoms with van der Waals surface area (Å²) in [6, 6.07) is 3.06. The Balaban J connectivity index is 2.56. The lowest BCUT2D eigenvalue weighted by atomic mass is 9.99. The number of rotatable bonds is 3. The van der Waals surface area contributed by atoms with E-state index in [1.807, 2.05) is 0 Å². The molecule has 0 saturated heterocycles. The van der Waals surface area contributed by atoms with Crippen LogP contribution < -0.4 is 10.5 Å². The second-order valence-corrected chi connectivity index (χ2v) is 4.71. The average molecular weight is 329 g/mol. The van der Waals surface area contributed by atoms with Crippen molar-refractivity contribution < 1.29 is 13.5 Å². The normalized spacial score (nSPS) is 12.3. The van der Waals surface area contributed by atoms with Gasteiger partial charge in [-0.05, 0) is 34.1 Å². The molecule has 0 fully saturated rings. The lowest BCUT2D eigenvalue weighted by Gasteiger charge is -2.17. The highest BCUT2D eigenvalue weighted by Gasteiger charge is 2.22. The molecule has 0 spiro atoms. The molecule has 3 nitrogen and oxygen atoms in total. The van der Waals surface area contributed by atoms with Crippen LogP contribution in [0, 0.1) is 11.6 Å². The van der Waals surface area contributed by atoms with Gasteiger partial charge in [0.15, 0.2) is 0 Å². The summed E-state index contributed by atoms with van der Waals surface area (Å²) in [5, 5.41) is 0. The third-order valence-corrected chi connectivity index (χ3v) is 3.37. The lowest BCUT2D eigenvalue weighted by Crippen LogP contribution is -2.17. The van der Waals surface area contributed by atoms with Gasteiger partial charge < -0.3 is 10.5 Å². The van der Waals surface area contributed by atoms with E-state index in [4.69, 9.17) is 10.5 Å². The standard InChI is InChI=1S/C13H11BrF2N2O/c1-19-10-6-18-5-4-7(10)13(17)11-9(15)3-2-8(14)12(11)16/h2-6,13H,17H2,1H3. The smallest absolute Gasteiger partial charge is 0.145 e. The average Bonchev–Trinajstić information content (AvgIpc) is 2.43. The van der Waals surface area contributed by atoms with Crippen LogP contribution >= 0.6 is 15.9 Å². The van der Waals surface area contributed by atoms with E-state index in [9.17, 15) is 8.78 Å². The molecule has 1 unspecified atom stereocenters. The first-order chi connectivity index (χ1) is 9.06. The monoisotopic (exact) mass is 328 g/mol. The molecular formula is C13H11BrF2N2O. The van der Waals surface area contributed by atoms with Crippen LogP contribution in [0.25, 0.3) is 0 Å². The number of nitrogens with zero attached hydrogens (tertiary/aromatic N) is 1. The van der Waals surface area contributed by atoms with E-state index in [2.05, 4.69) is 20.9 Å². The first-order valence-electron chi connectivity index (χ1n) is 5.43. The Morgan fingerprint density at radius 1 is 1.32 bits per heavy atom. The van der Waals surface area contributed by atoms with Gasteiger partial charge in [0.2, 0.25) is 0 Å². The molecule has 0 amide bonds. The number of nitrogens with two attached hydrogens (primary N) is 1.